The molecule has 1 aromatic heterocycles. The maximum atomic E-state index is 13.2. The fraction of sp³-hybridized carbons (Fsp3) is 0.783. The van der Waals surface area contributed by atoms with Crippen LogP contribution in [0.15, 0.2) is 21.9 Å². The van der Waals surface area contributed by atoms with Crippen LogP contribution in [0.4, 0.5) is 0 Å². The number of aromatic amines is 1. The average molecular weight is 499 g/mol. The van der Waals surface area contributed by atoms with Gasteiger partial charge in [0.2, 0.25) is 0 Å². The molecule has 3 atom stereocenters. The molecular formula is C23H42N2O6Si2. The van der Waals surface area contributed by atoms with E-state index in [1.807, 2.05) is 0 Å². The zero-order valence-electron chi connectivity index (χ0n) is 22.1. The van der Waals surface area contributed by atoms with Gasteiger partial charge in [-0.15, -0.1) is 0 Å². The number of H-pyrrole nitrogens is 1. The highest BCUT2D eigenvalue weighted by Gasteiger charge is 2.57. The van der Waals surface area contributed by atoms with Crippen LogP contribution in [0.2, 0.25) is 36.3 Å². The highest BCUT2D eigenvalue weighted by atomic mass is 28.4. The van der Waals surface area contributed by atoms with E-state index in [4.69, 9.17) is 13.6 Å². The second-order valence-electron chi connectivity index (χ2n) is 12.2. The summed E-state index contributed by atoms with van der Waals surface area (Å²) in [6.45, 7) is 22.9. The van der Waals surface area contributed by atoms with Crippen molar-refractivity contribution in [3.8, 4) is 0 Å². The standard InChI is InChI=1S/C23H42N2O6Si2/c1-16(26)23(15-29-32(8,9)21(2,3)4)17(31-33(10,11)22(5,6)7)14-19(30-23)25-13-12-18(27)24-20(25)28/h12-13,17,19H,14-15H2,1-11H3,(H,24,27,28)/t17?,19-,23+/m1/s1. The molecule has 0 spiro atoms. The Labute approximate surface area is 199 Å². The molecule has 1 saturated heterocycles. The van der Waals surface area contributed by atoms with Gasteiger partial charge in [0.05, 0.1) is 12.7 Å². The number of nitrogens with zero attached hydrogens (tertiary/aromatic N) is 1. The largest absolute Gasteiger partial charge is 0.413 e. The Morgan fingerprint density at radius 3 is 2.12 bits per heavy atom. The summed E-state index contributed by atoms with van der Waals surface area (Å²) in [5.41, 5.74) is -2.41. The second kappa shape index (κ2) is 9.03. The van der Waals surface area contributed by atoms with Crippen LogP contribution in [0, 0.1) is 0 Å². The highest BCUT2D eigenvalue weighted by molar-refractivity contribution is 6.74. The van der Waals surface area contributed by atoms with E-state index >= 15 is 0 Å². The van der Waals surface area contributed by atoms with Crippen molar-refractivity contribution < 1.29 is 18.4 Å². The molecule has 1 unspecified atom stereocenters. The third kappa shape index (κ3) is 5.67. The first kappa shape index (κ1) is 27.9. The molecule has 0 saturated carbocycles. The van der Waals surface area contributed by atoms with E-state index in [1.165, 1.54) is 23.8 Å². The van der Waals surface area contributed by atoms with Crippen LogP contribution < -0.4 is 11.2 Å². The normalized spacial score (nSPS) is 24.8. The number of nitrogens with one attached hydrogen (secondary N) is 1. The topological polar surface area (TPSA) is 99.6 Å². The van der Waals surface area contributed by atoms with E-state index in [0.29, 0.717) is 6.42 Å². The van der Waals surface area contributed by atoms with Gasteiger partial charge in [0.15, 0.2) is 28.0 Å². The van der Waals surface area contributed by atoms with Crippen molar-refractivity contribution in [2.24, 2.45) is 0 Å². The van der Waals surface area contributed by atoms with Crippen LogP contribution >= 0.6 is 0 Å². The molecule has 1 aliphatic rings. The van der Waals surface area contributed by atoms with Gasteiger partial charge in [-0.05, 0) is 43.2 Å². The van der Waals surface area contributed by atoms with E-state index in [1.54, 1.807) is 0 Å². The fourth-order valence-corrected chi connectivity index (χ4v) is 5.64. The number of carbonyl (C=O) groups is 1. The van der Waals surface area contributed by atoms with Crippen LogP contribution in [-0.4, -0.2) is 50.3 Å². The summed E-state index contributed by atoms with van der Waals surface area (Å²) in [7, 11) is -4.49. The molecule has 0 aliphatic carbocycles. The van der Waals surface area contributed by atoms with Gasteiger partial charge in [0.1, 0.15) is 6.23 Å². The van der Waals surface area contributed by atoms with E-state index in [9.17, 15) is 14.4 Å². The second-order valence-corrected chi connectivity index (χ2v) is 21.8. The van der Waals surface area contributed by atoms with Crippen molar-refractivity contribution in [2.75, 3.05) is 6.61 Å². The van der Waals surface area contributed by atoms with E-state index < -0.39 is 45.8 Å². The molecule has 8 nitrogen and oxygen atoms in total. The third-order valence-corrected chi connectivity index (χ3v) is 16.7. The number of hydrogen-bond donors (Lipinski definition) is 1. The minimum atomic E-state index is -2.29. The van der Waals surface area contributed by atoms with Crippen LogP contribution in [0.5, 0.6) is 0 Å². The van der Waals surface area contributed by atoms with E-state index in [0.717, 1.165) is 0 Å². The zero-order valence-corrected chi connectivity index (χ0v) is 24.1. The first-order chi connectivity index (χ1) is 14.7. The number of rotatable bonds is 7. The van der Waals surface area contributed by atoms with Crippen LogP contribution in [-0.2, 0) is 18.4 Å². The lowest BCUT2D eigenvalue weighted by atomic mass is 9.93. The van der Waals surface area contributed by atoms with Crippen LogP contribution in [0.25, 0.3) is 0 Å². The predicted octanol–water partition coefficient (Wildman–Crippen LogP) is 4.20. The summed E-state index contributed by atoms with van der Waals surface area (Å²) in [6, 6.07) is 1.27. The number of ether oxygens (including phenoxy) is 1. The zero-order chi connectivity index (χ0) is 25.6. The smallest absolute Gasteiger partial charge is 0.330 e. The first-order valence-corrected chi connectivity index (χ1v) is 17.4. The summed E-state index contributed by atoms with van der Waals surface area (Å²) in [5, 5.41) is -0.128. The number of ketones is 1. The van der Waals surface area contributed by atoms with Gasteiger partial charge in [-0.2, -0.15) is 0 Å². The highest BCUT2D eigenvalue weighted by Crippen LogP contribution is 2.46. The lowest BCUT2D eigenvalue weighted by molar-refractivity contribution is -0.160. The van der Waals surface area contributed by atoms with Gasteiger partial charge in [-0.25, -0.2) is 4.79 Å². The molecule has 0 bridgehead atoms. The Balaban J connectivity index is 2.53. The molecule has 0 radical (unpaired) electrons. The maximum absolute atomic E-state index is 13.2. The fourth-order valence-electron chi connectivity index (χ4n) is 3.28. The number of hydrogen-bond acceptors (Lipinski definition) is 6. The maximum Gasteiger partial charge on any atom is 0.330 e. The molecule has 33 heavy (non-hydrogen) atoms. The predicted molar refractivity (Wildman–Crippen MR) is 135 cm³/mol. The summed E-state index contributed by atoms with van der Waals surface area (Å²) >= 11 is 0. The van der Waals surface area contributed by atoms with Gasteiger partial charge in [0, 0.05) is 18.7 Å². The Morgan fingerprint density at radius 1 is 1.12 bits per heavy atom. The monoisotopic (exact) mass is 498 g/mol. The molecule has 1 fully saturated rings. The molecule has 2 rings (SSSR count). The van der Waals surface area contributed by atoms with Crippen molar-refractivity contribution in [1.29, 1.82) is 0 Å². The van der Waals surface area contributed by atoms with E-state index in [2.05, 4.69) is 72.7 Å². The van der Waals surface area contributed by atoms with E-state index in [-0.39, 0.29) is 22.5 Å². The Bertz CT molecular complexity index is 986. The molecule has 1 aromatic rings. The Morgan fingerprint density at radius 2 is 1.67 bits per heavy atom. The average Bonchev–Trinajstić information content (AvgIpc) is 2.97. The van der Waals surface area contributed by atoms with Crippen molar-refractivity contribution in [3.63, 3.8) is 0 Å². The lowest BCUT2D eigenvalue weighted by Gasteiger charge is -2.44. The molecule has 1 N–H and O–H groups in total. The van der Waals surface area contributed by atoms with Gasteiger partial charge >= 0.3 is 5.69 Å². The van der Waals surface area contributed by atoms with Crippen LogP contribution in [0.3, 0.4) is 0 Å². The van der Waals surface area contributed by atoms with Crippen LogP contribution in [0.1, 0.15) is 61.1 Å². The molecule has 10 heteroatoms. The van der Waals surface area contributed by atoms with Gasteiger partial charge in [-0.3, -0.25) is 19.1 Å². The third-order valence-electron chi connectivity index (χ3n) is 7.74. The van der Waals surface area contributed by atoms with Gasteiger partial charge < -0.3 is 13.6 Å². The quantitative estimate of drug-likeness (QED) is 0.566. The Kier molecular flexibility index (Phi) is 7.64. The minimum Gasteiger partial charge on any atom is -0.413 e. The lowest BCUT2D eigenvalue weighted by Crippen LogP contribution is -2.58. The molecule has 188 valence electrons. The summed E-state index contributed by atoms with van der Waals surface area (Å²) in [5.74, 6) is -0.190. The van der Waals surface area contributed by atoms with Gasteiger partial charge in [0.25, 0.3) is 5.56 Å². The number of carbonyl (C=O) groups excluding carboxylic acids is 1. The molecule has 1 aliphatic heterocycles. The minimum absolute atomic E-state index is 0.0470. The number of Topliss-reactive ketones (excluding diaryl/α,β-unsaturated/α-hetero) is 1. The summed E-state index contributed by atoms with van der Waals surface area (Å²) < 4.78 is 20.9. The Hall–Kier alpha value is -1.34. The number of aromatic nitrogens is 2. The van der Waals surface area contributed by atoms with Crippen molar-refractivity contribution >= 4 is 22.4 Å². The van der Waals surface area contributed by atoms with Crippen molar-refractivity contribution in [2.45, 2.75) is 109 Å². The summed E-state index contributed by atoms with van der Waals surface area (Å²) in [6.07, 6.45) is 0.375. The first-order valence-electron chi connectivity index (χ1n) is 11.6. The molecular weight excluding hydrogens is 456 g/mol. The SMILES string of the molecule is CC(=O)[C@]1(CO[Si](C)(C)C(C)(C)C)O[C@@H](n2ccc(=O)[nH]c2=O)CC1O[Si](C)(C)C(C)(C)C. The van der Waals surface area contributed by atoms with Crippen molar-refractivity contribution in [1.82, 2.24) is 9.55 Å². The molecule has 0 amide bonds. The van der Waals surface area contributed by atoms with Crippen molar-refractivity contribution in [3.05, 3.63) is 33.1 Å². The van der Waals surface area contributed by atoms with Gasteiger partial charge in [-0.1, -0.05) is 41.5 Å². The summed E-state index contributed by atoms with van der Waals surface area (Å²) in [4.78, 5) is 39.5. The molecule has 2 heterocycles. The molecule has 0 aromatic carbocycles.